The van der Waals surface area contributed by atoms with E-state index in [1.54, 1.807) is 6.20 Å². The van der Waals surface area contributed by atoms with E-state index in [1.165, 1.54) is 5.56 Å². The molecule has 2 N–H and O–H groups in total. The number of rotatable bonds is 2. The van der Waals surface area contributed by atoms with E-state index in [2.05, 4.69) is 37.9 Å². The van der Waals surface area contributed by atoms with Crippen molar-refractivity contribution >= 4 is 0 Å². The minimum atomic E-state index is 0.164. The molecular weight excluding hydrogens is 212 g/mol. The molecule has 17 heavy (non-hydrogen) atoms. The van der Waals surface area contributed by atoms with Gasteiger partial charge < -0.3 is 10.2 Å². The number of nitrogens with two attached hydrogens (primary N) is 1. The van der Waals surface area contributed by atoms with Crippen molar-refractivity contribution in [3.05, 3.63) is 41.8 Å². The molecule has 2 aromatic rings. The maximum absolute atomic E-state index is 5.51. The van der Waals surface area contributed by atoms with Gasteiger partial charge >= 0.3 is 0 Å². The third kappa shape index (κ3) is 2.56. The van der Waals surface area contributed by atoms with Crippen LogP contribution in [0.15, 0.2) is 34.9 Å². The third-order valence-corrected chi connectivity index (χ3v) is 2.75. The van der Waals surface area contributed by atoms with Crippen LogP contribution >= 0.6 is 0 Å². The summed E-state index contributed by atoms with van der Waals surface area (Å²) in [6.45, 7) is 6.96. The lowest BCUT2D eigenvalue weighted by molar-refractivity contribution is 0.520. The van der Waals surface area contributed by atoms with E-state index in [1.807, 2.05) is 12.1 Å². The molecule has 0 spiro atoms. The molecule has 0 aliphatic carbocycles. The van der Waals surface area contributed by atoms with Gasteiger partial charge in [0.05, 0.1) is 12.7 Å². The van der Waals surface area contributed by atoms with Crippen LogP contribution in [0.4, 0.5) is 0 Å². The highest BCUT2D eigenvalue weighted by Gasteiger charge is 2.14. The molecule has 3 heteroatoms. The number of hydrogen-bond donors (Lipinski definition) is 1. The molecule has 0 saturated heterocycles. The Morgan fingerprint density at radius 2 is 1.82 bits per heavy atom. The smallest absolute Gasteiger partial charge is 0.226 e. The van der Waals surface area contributed by atoms with Crippen molar-refractivity contribution in [3.63, 3.8) is 0 Å². The van der Waals surface area contributed by atoms with Crippen molar-refractivity contribution in [2.45, 2.75) is 32.7 Å². The van der Waals surface area contributed by atoms with Gasteiger partial charge in [0.1, 0.15) is 5.76 Å². The molecule has 0 aliphatic heterocycles. The quantitative estimate of drug-likeness (QED) is 0.862. The first-order valence-electron chi connectivity index (χ1n) is 5.76. The van der Waals surface area contributed by atoms with Gasteiger partial charge in [-0.25, -0.2) is 4.98 Å². The van der Waals surface area contributed by atoms with Crippen molar-refractivity contribution in [1.29, 1.82) is 0 Å². The summed E-state index contributed by atoms with van der Waals surface area (Å²) in [4.78, 5) is 4.20. The Kier molecular flexibility index (Phi) is 3.03. The van der Waals surface area contributed by atoms with E-state index in [0.717, 1.165) is 5.56 Å². The zero-order chi connectivity index (χ0) is 12.5. The Morgan fingerprint density at radius 1 is 1.18 bits per heavy atom. The molecule has 0 amide bonds. The van der Waals surface area contributed by atoms with Gasteiger partial charge in [-0.15, -0.1) is 0 Å². The predicted octanol–water partition coefficient (Wildman–Crippen LogP) is 3.10. The van der Waals surface area contributed by atoms with Gasteiger partial charge in [0.2, 0.25) is 5.89 Å². The maximum Gasteiger partial charge on any atom is 0.226 e. The fraction of sp³-hybridized carbons (Fsp3) is 0.357. The molecular formula is C14H18N2O. The van der Waals surface area contributed by atoms with Crippen LogP contribution in [-0.2, 0) is 12.0 Å². The Balaban J connectivity index is 2.29. The van der Waals surface area contributed by atoms with Crippen LogP contribution in [0, 0.1) is 0 Å². The zero-order valence-electron chi connectivity index (χ0n) is 10.5. The Hall–Kier alpha value is -1.61. The van der Waals surface area contributed by atoms with Gasteiger partial charge in [0.25, 0.3) is 0 Å². The lowest BCUT2D eigenvalue weighted by Crippen LogP contribution is -2.10. The highest BCUT2D eigenvalue weighted by Crippen LogP contribution is 2.25. The van der Waals surface area contributed by atoms with Crippen LogP contribution in [0.2, 0.25) is 0 Å². The summed E-state index contributed by atoms with van der Waals surface area (Å²) in [6.07, 6.45) is 1.67. The number of benzene rings is 1. The molecule has 90 valence electrons. The molecule has 3 nitrogen and oxygen atoms in total. The first kappa shape index (κ1) is 11.9. The average molecular weight is 230 g/mol. The highest BCUT2D eigenvalue weighted by atomic mass is 16.4. The molecule has 1 heterocycles. The van der Waals surface area contributed by atoms with Gasteiger partial charge in [-0.05, 0) is 23.1 Å². The monoisotopic (exact) mass is 230 g/mol. The van der Waals surface area contributed by atoms with Crippen LogP contribution in [0.25, 0.3) is 11.5 Å². The number of aromatic nitrogens is 1. The second kappa shape index (κ2) is 4.34. The van der Waals surface area contributed by atoms with Crippen molar-refractivity contribution < 1.29 is 4.42 Å². The number of oxazole rings is 1. The summed E-state index contributed by atoms with van der Waals surface area (Å²) in [6, 6.07) is 8.29. The van der Waals surface area contributed by atoms with E-state index in [0.29, 0.717) is 18.2 Å². The molecule has 0 saturated carbocycles. The van der Waals surface area contributed by atoms with Crippen LogP contribution in [-0.4, -0.2) is 4.98 Å². The zero-order valence-corrected chi connectivity index (χ0v) is 10.5. The molecule has 0 fully saturated rings. The molecule has 0 unspecified atom stereocenters. The van der Waals surface area contributed by atoms with E-state index < -0.39 is 0 Å². The van der Waals surface area contributed by atoms with Gasteiger partial charge in [0, 0.05) is 5.56 Å². The standard InChI is InChI=1S/C14H18N2O/c1-14(2,3)11-6-4-10(5-7-11)13-16-9-12(8-15)17-13/h4-7,9H,8,15H2,1-3H3. The SMILES string of the molecule is CC(C)(C)c1ccc(-c2ncc(CN)o2)cc1. The second-order valence-corrected chi connectivity index (χ2v) is 5.16. The molecule has 0 radical (unpaired) electrons. The van der Waals surface area contributed by atoms with Crippen LogP contribution in [0.1, 0.15) is 32.1 Å². The number of hydrogen-bond acceptors (Lipinski definition) is 3. The summed E-state index contributed by atoms with van der Waals surface area (Å²) in [5.74, 6) is 1.34. The first-order chi connectivity index (χ1) is 8.00. The largest absolute Gasteiger partial charge is 0.440 e. The molecule has 1 aromatic heterocycles. The van der Waals surface area contributed by atoms with Gasteiger partial charge in [0.15, 0.2) is 0 Å². The Morgan fingerprint density at radius 3 is 2.29 bits per heavy atom. The lowest BCUT2D eigenvalue weighted by Gasteiger charge is -2.18. The average Bonchev–Trinajstić information content (AvgIpc) is 2.76. The van der Waals surface area contributed by atoms with E-state index in [9.17, 15) is 0 Å². The van der Waals surface area contributed by atoms with Crippen LogP contribution in [0.3, 0.4) is 0 Å². The van der Waals surface area contributed by atoms with E-state index in [-0.39, 0.29) is 5.41 Å². The van der Waals surface area contributed by atoms with Crippen LogP contribution < -0.4 is 5.73 Å². The second-order valence-electron chi connectivity index (χ2n) is 5.16. The minimum absolute atomic E-state index is 0.164. The van der Waals surface area contributed by atoms with Crippen molar-refractivity contribution in [2.24, 2.45) is 5.73 Å². The highest BCUT2D eigenvalue weighted by molar-refractivity contribution is 5.54. The summed E-state index contributed by atoms with van der Waals surface area (Å²) in [5, 5.41) is 0. The van der Waals surface area contributed by atoms with Crippen molar-refractivity contribution in [3.8, 4) is 11.5 Å². The first-order valence-corrected chi connectivity index (χ1v) is 5.76. The Bertz CT molecular complexity index is 492. The summed E-state index contributed by atoms with van der Waals surface area (Å²) >= 11 is 0. The fourth-order valence-corrected chi connectivity index (χ4v) is 1.65. The summed E-state index contributed by atoms with van der Waals surface area (Å²) in [5.41, 5.74) is 7.93. The number of nitrogens with zero attached hydrogens (tertiary/aromatic N) is 1. The third-order valence-electron chi connectivity index (χ3n) is 2.75. The normalized spacial score (nSPS) is 11.8. The maximum atomic E-state index is 5.51. The predicted molar refractivity (Wildman–Crippen MR) is 68.5 cm³/mol. The fourth-order valence-electron chi connectivity index (χ4n) is 1.65. The molecule has 2 rings (SSSR count). The van der Waals surface area contributed by atoms with E-state index in [4.69, 9.17) is 10.2 Å². The lowest BCUT2D eigenvalue weighted by atomic mass is 9.87. The minimum Gasteiger partial charge on any atom is -0.440 e. The van der Waals surface area contributed by atoms with Crippen molar-refractivity contribution in [2.75, 3.05) is 0 Å². The molecule has 0 atom stereocenters. The van der Waals surface area contributed by atoms with Crippen LogP contribution in [0.5, 0.6) is 0 Å². The Labute approximate surface area is 102 Å². The van der Waals surface area contributed by atoms with Crippen molar-refractivity contribution in [1.82, 2.24) is 4.98 Å². The topological polar surface area (TPSA) is 52.0 Å². The van der Waals surface area contributed by atoms with E-state index >= 15 is 0 Å². The molecule has 1 aromatic carbocycles. The van der Waals surface area contributed by atoms with Gasteiger partial charge in [-0.2, -0.15) is 0 Å². The summed E-state index contributed by atoms with van der Waals surface area (Å²) in [7, 11) is 0. The van der Waals surface area contributed by atoms with Gasteiger partial charge in [-0.3, -0.25) is 0 Å². The van der Waals surface area contributed by atoms with Gasteiger partial charge in [-0.1, -0.05) is 32.9 Å². The molecule has 0 bridgehead atoms. The summed E-state index contributed by atoms with van der Waals surface area (Å²) < 4.78 is 5.51. The molecule has 0 aliphatic rings.